The van der Waals surface area contributed by atoms with Gasteiger partial charge in [0.05, 0.1) is 6.61 Å². The van der Waals surface area contributed by atoms with Crippen LogP contribution in [0.5, 0.6) is 0 Å². The lowest BCUT2D eigenvalue weighted by Gasteiger charge is -2.41. The van der Waals surface area contributed by atoms with Crippen molar-refractivity contribution in [2.45, 2.75) is 281 Å². The predicted octanol–water partition coefficient (Wildman–Crippen LogP) is 11.0. The van der Waals surface area contributed by atoms with Gasteiger partial charge in [0.2, 0.25) is 0 Å². The van der Waals surface area contributed by atoms with E-state index in [-0.39, 0.29) is 12.8 Å². The third-order valence-electron chi connectivity index (χ3n) is 12.4. The maximum absolute atomic E-state index is 12.8. The van der Waals surface area contributed by atoms with E-state index in [4.69, 9.17) is 18.5 Å². The minimum Gasteiger partial charge on any atom is -0.462 e. The fraction of sp³-hybridized carbons (Fsp3) is 0.920. The van der Waals surface area contributed by atoms with E-state index in [1.165, 1.54) is 141 Å². The van der Waals surface area contributed by atoms with Gasteiger partial charge in [-0.05, 0) is 38.5 Å². The molecule has 0 radical (unpaired) electrons. The monoisotopic (exact) mass is 935 g/mol. The van der Waals surface area contributed by atoms with Crippen LogP contribution in [0.2, 0.25) is 0 Å². The Labute approximate surface area is 388 Å². The second kappa shape index (κ2) is 40.6. The van der Waals surface area contributed by atoms with Crippen LogP contribution in [0, 0.1) is 0 Å². The van der Waals surface area contributed by atoms with Crippen molar-refractivity contribution in [2.24, 2.45) is 0 Å². The van der Waals surface area contributed by atoms with Crippen molar-refractivity contribution >= 4 is 19.8 Å². The van der Waals surface area contributed by atoms with E-state index in [1.807, 2.05) is 0 Å². The van der Waals surface area contributed by atoms with Crippen molar-refractivity contribution in [1.82, 2.24) is 0 Å². The molecule has 1 fully saturated rings. The van der Waals surface area contributed by atoms with Crippen LogP contribution in [-0.4, -0.2) is 98.3 Å². The second-order valence-electron chi connectivity index (χ2n) is 18.4. The molecule has 0 amide bonds. The van der Waals surface area contributed by atoms with Crippen LogP contribution in [0.1, 0.15) is 239 Å². The smallest absolute Gasteiger partial charge is 0.462 e. The summed E-state index contributed by atoms with van der Waals surface area (Å²) >= 11 is 0. The second-order valence-corrected chi connectivity index (χ2v) is 19.8. The Kier molecular flexibility index (Phi) is 38.5. The Morgan fingerprint density at radius 1 is 0.469 bits per heavy atom. The predicted molar refractivity (Wildman–Crippen MR) is 254 cm³/mol. The first-order valence-electron chi connectivity index (χ1n) is 26.0. The van der Waals surface area contributed by atoms with Gasteiger partial charge in [0.1, 0.15) is 43.2 Å². The van der Waals surface area contributed by atoms with E-state index in [0.717, 1.165) is 57.8 Å². The average Bonchev–Trinajstić information content (AvgIpc) is 3.28. The number of esters is 2. The minimum atomic E-state index is -5.12. The number of phosphoric acid groups is 1. The van der Waals surface area contributed by atoms with Gasteiger partial charge in [0.25, 0.3) is 0 Å². The van der Waals surface area contributed by atoms with Gasteiger partial charge in [0.15, 0.2) is 6.10 Å². The molecule has 378 valence electrons. The Morgan fingerprint density at radius 2 is 0.797 bits per heavy atom. The van der Waals surface area contributed by atoms with Crippen LogP contribution >= 0.6 is 7.82 Å². The number of phosphoric ester groups is 1. The highest BCUT2D eigenvalue weighted by atomic mass is 31.2. The van der Waals surface area contributed by atoms with Gasteiger partial charge in [-0.2, -0.15) is 0 Å². The highest BCUT2D eigenvalue weighted by molar-refractivity contribution is 7.47. The van der Waals surface area contributed by atoms with Gasteiger partial charge in [-0.15, -0.1) is 0 Å². The summed E-state index contributed by atoms with van der Waals surface area (Å²) in [4.78, 5) is 35.8. The Bertz CT molecular complexity index is 1170. The van der Waals surface area contributed by atoms with Crippen molar-refractivity contribution in [1.29, 1.82) is 0 Å². The van der Waals surface area contributed by atoms with Crippen molar-refractivity contribution in [3.05, 3.63) is 12.2 Å². The molecule has 1 saturated carbocycles. The van der Waals surface area contributed by atoms with Crippen LogP contribution in [0.15, 0.2) is 12.2 Å². The summed E-state index contributed by atoms with van der Waals surface area (Å²) in [5.74, 6) is -1.10. The molecule has 6 N–H and O–H groups in total. The third-order valence-corrected chi connectivity index (χ3v) is 13.3. The molecule has 64 heavy (non-hydrogen) atoms. The average molecular weight is 935 g/mol. The highest BCUT2D eigenvalue weighted by Gasteiger charge is 2.51. The summed E-state index contributed by atoms with van der Waals surface area (Å²) in [6, 6.07) is 0. The zero-order chi connectivity index (χ0) is 47.1. The number of ether oxygens (including phenoxy) is 2. The molecule has 0 heterocycles. The number of carbonyl (C=O) groups is 2. The number of hydrogen-bond donors (Lipinski definition) is 6. The lowest BCUT2D eigenvalue weighted by molar-refractivity contribution is -0.220. The lowest BCUT2D eigenvalue weighted by Crippen LogP contribution is -2.64. The van der Waals surface area contributed by atoms with Gasteiger partial charge < -0.3 is 39.9 Å². The van der Waals surface area contributed by atoms with Crippen LogP contribution in [0.25, 0.3) is 0 Å². The van der Waals surface area contributed by atoms with Gasteiger partial charge in [-0.3, -0.25) is 18.6 Å². The van der Waals surface area contributed by atoms with Gasteiger partial charge in [0, 0.05) is 12.8 Å². The summed E-state index contributed by atoms with van der Waals surface area (Å²) in [5, 5.41) is 50.2. The molecule has 1 aliphatic rings. The summed E-state index contributed by atoms with van der Waals surface area (Å²) in [6.07, 6.45) is 31.4. The van der Waals surface area contributed by atoms with E-state index < -0.39 is 75.7 Å². The molecule has 0 aromatic carbocycles. The highest BCUT2D eigenvalue weighted by Crippen LogP contribution is 2.47. The molecule has 0 aromatic heterocycles. The van der Waals surface area contributed by atoms with E-state index in [2.05, 4.69) is 26.0 Å². The number of allylic oxidation sites excluding steroid dienone is 2. The molecule has 14 heteroatoms. The molecule has 13 nitrogen and oxygen atoms in total. The fourth-order valence-electron chi connectivity index (χ4n) is 8.17. The zero-order valence-electron chi connectivity index (χ0n) is 40.3. The van der Waals surface area contributed by atoms with Crippen LogP contribution in [0.4, 0.5) is 0 Å². The number of carbonyl (C=O) groups excluding carboxylic acids is 2. The first-order valence-corrected chi connectivity index (χ1v) is 27.5. The maximum atomic E-state index is 12.8. The van der Waals surface area contributed by atoms with Gasteiger partial charge in [-0.1, -0.05) is 199 Å². The van der Waals surface area contributed by atoms with Crippen molar-refractivity contribution < 1.29 is 63.1 Å². The molecular formula is C50H95O13P. The summed E-state index contributed by atoms with van der Waals surface area (Å²) in [5.41, 5.74) is 0. The van der Waals surface area contributed by atoms with Crippen molar-refractivity contribution in [3.63, 3.8) is 0 Å². The SMILES string of the molecule is CCCCC/C=C/CCCCCCCC(=O)O[C@@H](COC(=O)CCCCCCCCCCCCCCCCCCCCCCCCC)COP(=O)(O)OC1C(O)C(O)C(O)[C@H](O)C1O. The van der Waals surface area contributed by atoms with Crippen molar-refractivity contribution in [2.75, 3.05) is 13.2 Å². The molecule has 1 aliphatic carbocycles. The largest absolute Gasteiger partial charge is 0.472 e. The number of aliphatic hydroxyl groups excluding tert-OH is 5. The number of hydrogen-bond acceptors (Lipinski definition) is 12. The maximum Gasteiger partial charge on any atom is 0.472 e. The minimum absolute atomic E-state index is 0.0904. The first-order chi connectivity index (χ1) is 30.9. The Morgan fingerprint density at radius 3 is 1.22 bits per heavy atom. The number of unbranched alkanes of at least 4 members (excludes halogenated alkanes) is 30. The summed E-state index contributed by atoms with van der Waals surface area (Å²) in [7, 11) is -5.12. The standard InChI is InChI=1S/C50H95O13P/c1-3-5-7-9-11-13-15-17-18-19-20-21-22-23-24-25-26-27-29-30-32-34-36-38-43(51)60-40-42(62-44(52)39-37-35-33-31-28-16-14-12-10-8-6-4-2)41-61-64(58,59)63-50-48(56)46(54)45(53)47(55)49(50)57/h12,14,42,45-50,53-57H,3-11,13,15-41H2,1-2H3,(H,58,59)/b14-12+/t42-,45?,46-,47?,48?,49?,50?/m0/s1. The van der Waals surface area contributed by atoms with Gasteiger partial charge in [-0.25, -0.2) is 4.57 Å². The topological polar surface area (TPSA) is 210 Å². The van der Waals surface area contributed by atoms with E-state index >= 15 is 0 Å². The molecular weight excluding hydrogens is 840 g/mol. The van der Waals surface area contributed by atoms with E-state index in [9.17, 15) is 44.6 Å². The summed E-state index contributed by atoms with van der Waals surface area (Å²) in [6.45, 7) is 3.30. The van der Waals surface area contributed by atoms with Crippen LogP contribution in [-0.2, 0) is 32.7 Å². The molecule has 0 saturated heterocycles. The molecule has 8 atom stereocenters. The fourth-order valence-corrected chi connectivity index (χ4v) is 9.14. The normalized spacial score (nSPS) is 21.6. The molecule has 6 unspecified atom stereocenters. The number of aliphatic hydroxyl groups is 5. The quantitative estimate of drug-likeness (QED) is 0.0146. The lowest BCUT2D eigenvalue weighted by atomic mass is 9.85. The van der Waals surface area contributed by atoms with E-state index in [1.54, 1.807) is 0 Å². The Balaban J connectivity index is 2.32. The van der Waals surface area contributed by atoms with Crippen LogP contribution < -0.4 is 0 Å². The molecule has 1 rings (SSSR count). The van der Waals surface area contributed by atoms with Gasteiger partial charge >= 0.3 is 19.8 Å². The third kappa shape index (κ3) is 32.3. The zero-order valence-corrected chi connectivity index (χ0v) is 41.2. The van der Waals surface area contributed by atoms with Crippen molar-refractivity contribution in [3.8, 4) is 0 Å². The first kappa shape index (κ1) is 60.6. The Hall–Kier alpha value is -1.41. The summed E-state index contributed by atoms with van der Waals surface area (Å²) < 4.78 is 33.6. The van der Waals surface area contributed by atoms with Crippen LogP contribution in [0.3, 0.4) is 0 Å². The van der Waals surface area contributed by atoms with E-state index in [0.29, 0.717) is 12.8 Å². The molecule has 0 aliphatic heterocycles. The number of rotatable bonds is 44. The molecule has 0 aromatic rings. The molecule has 0 spiro atoms. The molecule has 0 bridgehead atoms.